The summed E-state index contributed by atoms with van der Waals surface area (Å²) < 4.78 is 2.37. The van der Waals surface area contributed by atoms with Gasteiger partial charge in [-0.05, 0) is 43.4 Å². The van der Waals surface area contributed by atoms with E-state index in [0.29, 0.717) is 5.92 Å². The van der Waals surface area contributed by atoms with E-state index in [1.54, 1.807) is 0 Å². The number of rotatable bonds is 1. The third-order valence-corrected chi connectivity index (χ3v) is 4.18. The van der Waals surface area contributed by atoms with Gasteiger partial charge >= 0.3 is 0 Å². The highest BCUT2D eigenvalue weighted by Gasteiger charge is 2.23. The fraction of sp³-hybridized carbons (Fsp3) is 0.467. The normalized spacial score (nSPS) is 20.2. The lowest BCUT2D eigenvalue weighted by molar-refractivity contribution is 0.605. The first-order valence-electron chi connectivity index (χ1n) is 6.59. The van der Waals surface area contributed by atoms with Crippen LogP contribution in [0.2, 0.25) is 0 Å². The molecule has 17 heavy (non-hydrogen) atoms. The summed E-state index contributed by atoms with van der Waals surface area (Å²) in [4.78, 5) is 0. The molecule has 0 bridgehead atoms. The first kappa shape index (κ1) is 10.8. The molecule has 0 fully saturated rings. The Labute approximate surface area is 102 Å². The van der Waals surface area contributed by atoms with Gasteiger partial charge in [0.15, 0.2) is 0 Å². The molecule has 90 valence electrons. The van der Waals surface area contributed by atoms with Crippen LogP contribution in [-0.2, 0) is 13.5 Å². The fourth-order valence-electron chi connectivity index (χ4n) is 3.30. The molecule has 1 aromatic carbocycles. The van der Waals surface area contributed by atoms with Gasteiger partial charge in [0.25, 0.3) is 0 Å². The van der Waals surface area contributed by atoms with Gasteiger partial charge in [0.05, 0.1) is 0 Å². The molecule has 3 rings (SSSR count). The van der Waals surface area contributed by atoms with Crippen LogP contribution in [0.4, 0.5) is 0 Å². The van der Waals surface area contributed by atoms with Crippen LogP contribution in [0.15, 0.2) is 24.3 Å². The van der Waals surface area contributed by atoms with Gasteiger partial charge in [0.1, 0.15) is 0 Å². The molecule has 2 heteroatoms. The van der Waals surface area contributed by atoms with E-state index in [1.807, 2.05) is 0 Å². The van der Waals surface area contributed by atoms with E-state index in [9.17, 15) is 0 Å². The maximum atomic E-state index is 5.98. The quantitative estimate of drug-likeness (QED) is 0.747. The van der Waals surface area contributed by atoms with Crippen molar-refractivity contribution < 1.29 is 0 Å². The summed E-state index contributed by atoms with van der Waals surface area (Å²) in [5, 5.41) is 1.42. The summed E-state index contributed by atoms with van der Waals surface area (Å²) in [6, 6.07) is 8.74. The molecule has 0 amide bonds. The van der Waals surface area contributed by atoms with Gasteiger partial charge in [-0.25, -0.2) is 0 Å². The van der Waals surface area contributed by atoms with E-state index in [4.69, 9.17) is 5.73 Å². The summed E-state index contributed by atoms with van der Waals surface area (Å²) in [5.41, 5.74) is 10.4. The third-order valence-electron chi connectivity index (χ3n) is 4.18. The molecule has 1 atom stereocenters. The van der Waals surface area contributed by atoms with Crippen LogP contribution < -0.4 is 5.73 Å². The second-order valence-corrected chi connectivity index (χ2v) is 5.11. The number of aromatic nitrogens is 1. The molecule has 0 spiro atoms. The average Bonchev–Trinajstić information content (AvgIpc) is 2.55. The maximum absolute atomic E-state index is 5.98. The molecule has 1 aromatic heterocycles. The van der Waals surface area contributed by atoms with Crippen molar-refractivity contribution in [1.82, 2.24) is 4.57 Å². The van der Waals surface area contributed by atoms with Crippen LogP contribution in [0.1, 0.15) is 36.4 Å². The van der Waals surface area contributed by atoms with E-state index < -0.39 is 0 Å². The predicted octanol–water partition coefficient (Wildman–Crippen LogP) is 2.95. The standard InChI is InChI=1S/C15H20N2/c1-17-13-8-5-3-7-12(13)15-11(10-16)6-2-4-9-14(15)17/h3,5,7-8,11H,2,4,6,9-10,16H2,1H3/t11-/m1/s1. The Hall–Kier alpha value is -1.28. The lowest BCUT2D eigenvalue weighted by Gasteiger charge is -2.13. The van der Waals surface area contributed by atoms with Gasteiger partial charge in [-0.2, -0.15) is 0 Å². The van der Waals surface area contributed by atoms with Crippen LogP contribution in [0.25, 0.3) is 10.9 Å². The molecule has 0 saturated heterocycles. The smallest absolute Gasteiger partial charge is 0.0482 e. The number of benzene rings is 1. The molecule has 1 heterocycles. The molecule has 1 aliphatic rings. The van der Waals surface area contributed by atoms with Crippen LogP contribution in [0, 0.1) is 0 Å². The fourth-order valence-corrected chi connectivity index (χ4v) is 3.30. The van der Waals surface area contributed by atoms with E-state index in [0.717, 1.165) is 6.54 Å². The minimum atomic E-state index is 0.554. The van der Waals surface area contributed by atoms with Crippen molar-refractivity contribution in [3.05, 3.63) is 35.5 Å². The molecule has 2 aromatic rings. The highest BCUT2D eigenvalue weighted by Crippen LogP contribution is 2.36. The molecule has 0 unspecified atom stereocenters. The lowest BCUT2D eigenvalue weighted by atomic mass is 9.94. The van der Waals surface area contributed by atoms with E-state index in [-0.39, 0.29) is 0 Å². The van der Waals surface area contributed by atoms with Crippen molar-refractivity contribution in [3.8, 4) is 0 Å². The van der Waals surface area contributed by atoms with Crippen molar-refractivity contribution in [2.45, 2.75) is 31.6 Å². The second kappa shape index (κ2) is 4.19. The Morgan fingerprint density at radius 3 is 2.94 bits per heavy atom. The number of nitrogens with zero attached hydrogens (tertiary/aromatic N) is 1. The monoisotopic (exact) mass is 228 g/mol. The Morgan fingerprint density at radius 1 is 1.29 bits per heavy atom. The number of fused-ring (bicyclic) bond motifs is 3. The molecule has 0 saturated carbocycles. The Balaban J connectivity index is 2.30. The Kier molecular flexibility index (Phi) is 2.67. The SMILES string of the molecule is Cn1c2c(c3ccccc31)[C@@H](CN)CCCC2. The molecule has 1 aliphatic carbocycles. The largest absolute Gasteiger partial charge is 0.347 e. The van der Waals surface area contributed by atoms with Gasteiger partial charge in [0.2, 0.25) is 0 Å². The second-order valence-electron chi connectivity index (χ2n) is 5.11. The van der Waals surface area contributed by atoms with E-state index in [2.05, 4.69) is 35.9 Å². The predicted molar refractivity (Wildman–Crippen MR) is 72.3 cm³/mol. The van der Waals surface area contributed by atoms with Crippen molar-refractivity contribution in [2.24, 2.45) is 12.8 Å². The van der Waals surface area contributed by atoms with Crippen LogP contribution in [-0.4, -0.2) is 11.1 Å². The highest BCUT2D eigenvalue weighted by molar-refractivity contribution is 5.86. The van der Waals surface area contributed by atoms with Gasteiger partial charge < -0.3 is 10.3 Å². The number of para-hydroxylation sites is 1. The lowest BCUT2D eigenvalue weighted by Crippen LogP contribution is -2.12. The molecule has 0 aliphatic heterocycles. The van der Waals surface area contributed by atoms with Crippen LogP contribution >= 0.6 is 0 Å². The van der Waals surface area contributed by atoms with Crippen molar-refractivity contribution in [1.29, 1.82) is 0 Å². The first-order valence-corrected chi connectivity index (χ1v) is 6.59. The summed E-state index contributed by atoms with van der Waals surface area (Å²) in [6.45, 7) is 0.779. The Bertz CT molecular complexity index is 539. The average molecular weight is 228 g/mol. The number of hydrogen-bond donors (Lipinski definition) is 1. The first-order chi connectivity index (χ1) is 8.33. The van der Waals surface area contributed by atoms with Crippen molar-refractivity contribution in [3.63, 3.8) is 0 Å². The van der Waals surface area contributed by atoms with Gasteiger partial charge in [-0.1, -0.05) is 24.6 Å². The number of hydrogen-bond acceptors (Lipinski definition) is 1. The van der Waals surface area contributed by atoms with E-state index in [1.165, 1.54) is 47.8 Å². The van der Waals surface area contributed by atoms with Crippen LogP contribution in [0.3, 0.4) is 0 Å². The topological polar surface area (TPSA) is 30.9 Å². The number of nitrogens with two attached hydrogens (primary N) is 1. The highest BCUT2D eigenvalue weighted by atomic mass is 15.0. The molecule has 2 nitrogen and oxygen atoms in total. The third kappa shape index (κ3) is 1.59. The van der Waals surface area contributed by atoms with Crippen molar-refractivity contribution >= 4 is 10.9 Å². The summed E-state index contributed by atoms with van der Waals surface area (Å²) >= 11 is 0. The van der Waals surface area contributed by atoms with E-state index >= 15 is 0 Å². The molecule has 0 radical (unpaired) electrons. The van der Waals surface area contributed by atoms with Gasteiger partial charge in [0, 0.05) is 23.6 Å². The zero-order chi connectivity index (χ0) is 11.8. The van der Waals surface area contributed by atoms with Crippen molar-refractivity contribution in [2.75, 3.05) is 6.54 Å². The van der Waals surface area contributed by atoms with Crippen LogP contribution in [0.5, 0.6) is 0 Å². The summed E-state index contributed by atoms with van der Waals surface area (Å²) in [7, 11) is 2.19. The molecular formula is C15H20N2. The minimum Gasteiger partial charge on any atom is -0.347 e. The Morgan fingerprint density at radius 2 is 2.12 bits per heavy atom. The number of aryl methyl sites for hydroxylation is 1. The molecule has 2 N–H and O–H groups in total. The summed E-state index contributed by atoms with van der Waals surface area (Å²) in [5.74, 6) is 0.554. The molecular weight excluding hydrogens is 208 g/mol. The van der Waals surface area contributed by atoms with Gasteiger partial charge in [-0.3, -0.25) is 0 Å². The minimum absolute atomic E-state index is 0.554. The zero-order valence-corrected chi connectivity index (χ0v) is 10.4. The van der Waals surface area contributed by atoms with Gasteiger partial charge in [-0.15, -0.1) is 0 Å². The maximum Gasteiger partial charge on any atom is 0.0482 e. The summed E-state index contributed by atoms with van der Waals surface area (Å²) in [6.07, 6.45) is 5.06. The zero-order valence-electron chi connectivity index (χ0n) is 10.4.